The lowest BCUT2D eigenvalue weighted by atomic mass is 9.93. The maximum atomic E-state index is 6.92. The SMILES string of the molecule is c1ccc(-c2cc(-c3c(-n4c5ccccc5c5ccccc54)c(-n4c5ccccc5c5ccccc54)cc4oc5ccccc5c34)cc(-c3ccccc3)n2)cc1. The van der Waals surface area contributed by atoms with Crippen molar-refractivity contribution >= 4 is 65.6 Å². The van der Waals surface area contributed by atoms with Gasteiger partial charge in [0.1, 0.15) is 11.2 Å². The first-order chi connectivity index (χ1) is 28.3. The van der Waals surface area contributed by atoms with Crippen molar-refractivity contribution in [3.63, 3.8) is 0 Å². The number of aromatic nitrogens is 3. The summed E-state index contributed by atoms with van der Waals surface area (Å²) in [6.07, 6.45) is 0. The number of pyridine rings is 1. The molecule has 0 radical (unpaired) electrons. The van der Waals surface area contributed by atoms with Gasteiger partial charge in [0.2, 0.25) is 0 Å². The van der Waals surface area contributed by atoms with Crippen LogP contribution in [0.5, 0.6) is 0 Å². The number of hydrogen-bond donors (Lipinski definition) is 0. The molecule has 0 spiro atoms. The molecule has 12 aromatic rings. The van der Waals surface area contributed by atoms with Crippen LogP contribution < -0.4 is 0 Å². The Bertz CT molecular complexity index is 3350. The van der Waals surface area contributed by atoms with E-state index in [-0.39, 0.29) is 0 Å². The molecule has 12 rings (SSSR count). The van der Waals surface area contributed by atoms with E-state index in [0.717, 1.165) is 89.0 Å². The maximum Gasteiger partial charge on any atom is 0.138 e. The summed E-state index contributed by atoms with van der Waals surface area (Å²) in [4.78, 5) is 5.34. The molecular formula is C53H33N3O. The van der Waals surface area contributed by atoms with Crippen LogP contribution in [0, 0.1) is 0 Å². The summed E-state index contributed by atoms with van der Waals surface area (Å²) < 4.78 is 11.8. The van der Waals surface area contributed by atoms with Crippen molar-refractivity contribution in [1.29, 1.82) is 0 Å². The second-order valence-corrected chi connectivity index (χ2v) is 14.7. The van der Waals surface area contributed by atoms with E-state index in [0.29, 0.717) is 0 Å². The molecule has 8 aromatic carbocycles. The van der Waals surface area contributed by atoms with Crippen LogP contribution in [0.2, 0.25) is 0 Å². The molecule has 4 nitrogen and oxygen atoms in total. The van der Waals surface area contributed by atoms with Crippen LogP contribution in [0.15, 0.2) is 205 Å². The predicted molar refractivity (Wildman–Crippen MR) is 237 cm³/mol. The van der Waals surface area contributed by atoms with Gasteiger partial charge in [-0.15, -0.1) is 0 Å². The van der Waals surface area contributed by atoms with Gasteiger partial charge in [-0.2, -0.15) is 0 Å². The molecule has 0 bridgehead atoms. The van der Waals surface area contributed by atoms with Crippen molar-refractivity contribution in [2.45, 2.75) is 0 Å². The molecule has 4 aromatic heterocycles. The fraction of sp³-hybridized carbons (Fsp3) is 0. The Morgan fingerprint density at radius 3 is 1.28 bits per heavy atom. The van der Waals surface area contributed by atoms with Gasteiger partial charge in [-0.3, -0.25) is 0 Å². The fourth-order valence-corrected chi connectivity index (χ4v) is 9.07. The van der Waals surface area contributed by atoms with Gasteiger partial charge >= 0.3 is 0 Å². The highest BCUT2D eigenvalue weighted by Crippen LogP contribution is 2.48. The van der Waals surface area contributed by atoms with Gasteiger partial charge < -0.3 is 13.6 Å². The van der Waals surface area contributed by atoms with E-state index in [1.165, 1.54) is 21.5 Å². The normalized spacial score (nSPS) is 11.9. The molecule has 0 aliphatic heterocycles. The second-order valence-electron chi connectivity index (χ2n) is 14.7. The third-order valence-electron chi connectivity index (χ3n) is 11.5. The zero-order chi connectivity index (χ0) is 37.5. The number of benzene rings is 8. The van der Waals surface area contributed by atoms with Gasteiger partial charge in [0.05, 0.1) is 44.8 Å². The van der Waals surface area contributed by atoms with Crippen LogP contribution in [0.4, 0.5) is 0 Å². The summed E-state index contributed by atoms with van der Waals surface area (Å²) in [5.41, 5.74) is 14.4. The van der Waals surface area contributed by atoms with E-state index >= 15 is 0 Å². The number of rotatable bonds is 5. The Morgan fingerprint density at radius 2 is 0.772 bits per heavy atom. The van der Waals surface area contributed by atoms with Gasteiger partial charge in [-0.1, -0.05) is 152 Å². The Balaban J connectivity index is 1.35. The molecule has 0 saturated heterocycles. The Hall–Kier alpha value is -7.69. The molecular weight excluding hydrogens is 695 g/mol. The molecule has 57 heavy (non-hydrogen) atoms. The first kappa shape index (κ1) is 31.6. The quantitative estimate of drug-likeness (QED) is 0.177. The summed E-state index contributed by atoms with van der Waals surface area (Å²) in [5, 5.41) is 6.94. The van der Waals surface area contributed by atoms with E-state index in [9.17, 15) is 0 Å². The van der Waals surface area contributed by atoms with Gasteiger partial charge in [0.15, 0.2) is 0 Å². The van der Waals surface area contributed by atoms with Crippen LogP contribution in [0.1, 0.15) is 0 Å². The second kappa shape index (κ2) is 12.4. The number of nitrogens with zero attached hydrogens (tertiary/aromatic N) is 3. The third kappa shape index (κ3) is 4.77. The van der Waals surface area contributed by atoms with Crippen LogP contribution in [0.25, 0.3) is 111 Å². The molecule has 0 fully saturated rings. The lowest BCUT2D eigenvalue weighted by Crippen LogP contribution is -2.06. The smallest absolute Gasteiger partial charge is 0.138 e. The lowest BCUT2D eigenvalue weighted by Gasteiger charge is -2.22. The monoisotopic (exact) mass is 727 g/mol. The van der Waals surface area contributed by atoms with Crippen LogP contribution in [-0.4, -0.2) is 14.1 Å². The zero-order valence-electron chi connectivity index (χ0n) is 30.8. The molecule has 4 heterocycles. The highest BCUT2D eigenvalue weighted by atomic mass is 16.3. The van der Waals surface area contributed by atoms with E-state index in [4.69, 9.17) is 9.40 Å². The first-order valence-electron chi connectivity index (χ1n) is 19.4. The highest BCUT2D eigenvalue weighted by Gasteiger charge is 2.28. The first-order valence-corrected chi connectivity index (χ1v) is 19.4. The Labute approximate surface area is 328 Å². The van der Waals surface area contributed by atoms with Crippen LogP contribution >= 0.6 is 0 Å². The topological polar surface area (TPSA) is 35.9 Å². The van der Waals surface area contributed by atoms with E-state index in [1.54, 1.807) is 0 Å². The minimum absolute atomic E-state index is 0.826. The molecule has 4 heteroatoms. The van der Waals surface area contributed by atoms with Crippen molar-refractivity contribution in [3.8, 4) is 45.0 Å². The molecule has 0 amide bonds. The largest absolute Gasteiger partial charge is 0.456 e. The maximum absolute atomic E-state index is 6.92. The Morgan fingerprint density at radius 1 is 0.351 bits per heavy atom. The van der Waals surface area contributed by atoms with Crippen molar-refractivity contribution in [2.75, 3.05) is 0 Å². The van der Waals surface area contributed by atoms with Crippen molar-refractivity contribution in [2.24, 2.45) is 0 Å². The van der Waals surface area contributed by atoms with Gasteiger partial charge in [0.25, 0.3) is 0 Å². The summed E-state index contributed by atoms with van der Waals surface area (Å²) in [6, 6.07) is 71.3. The van der Waals surface area contributed by atoms with Crippen LogP contribution in [0.3, 0.4) is 0 Å². The van der Waals surface area contributed by atoms with E-state index < -0.39 is 0 Å². The van der Waals surface area contributed by atoms with E-state index in [2.05, 4.69) is 209 Å². The van der Waals surface area contributed by atoms with Gasteiger partial charge in [-0.25, -0.2) is 4.98 Å². The van der Waals surface area contributed by atoms with Gasteiger partial charge in [0, 0.05) is 55.1 Å². The standard InChI is InChI=1S/C53H33N3O/c1-3-17-34(18-4-1)42-31-36(32-43(54-42)35-19-5-2-6-20-35)51-52-41-25-11-16-30-49(41)57-50(52)33-48(55-44-26-12-7-21-37(44)38-22-8-13-27-45(38)55)53(51)56-46-28-14-9-23-39(46)40-24-10-15-29-47(40)56/h1-33H. The number of para-hydroxylation sites is 5. The molecule has 0 N–H and O–H groups in total. The third-order valence-corrected chi connectivity index (χ3v) is 11.5. The molecule has 0 aliphatic rings. The lowest BCUT2D eigenvalue weighted by molar-refractivity contribution is 0.668. The minimum Gasteiger partial charge on any atom is -0.456 e. The predicted octanol–water partition coefficient (Wildman–Crippen LogP) is 14.2. The summed E-state index contributed by atoms with van der Waals surface area (Å²) >= 11 is 0. The molecule has 0 atom stereocenters. The Kier molecular flexibility index (Phi) is 6.89. The van der Waals surface area contributed by atoms with Crippen molar-refractivity contribution < 1.29 is 4.42 Å². The fourth-order valence-electron chi connectivity index (χ4n) is 9.07. The average Bonchev–Trinajstić information content (AvgIpc) is 3.94. The average molecular weight is 728 g/mol. The molecule has 0 aliphatic carbocycles. The van der Waals surface area contributed by atoms with Crippen LogP contribution in [-0.2, 0) is 0 Å². The molecule has 0 unspecified atom stereocenters. The number of hydrogen-bond acceptors (Lipinski definition) is 2. The van der Waals surface area contributed by atoms with E-state index in [1.807, 2.05) is 0 Å². The minimum atomic E-state index is 0.826. The van der Waals surface area contributed by atoms with Gasteiger partial charge in [-0.05, 0) is 48.0 Å². The summed E-state index contributed by atoms with van der Waals surface area (Å²) in [7, 11) is 0. The van der Waals surface area contributed by atoms with Crippen molar-refractivity contribution in [3.05, 3.63) is 200 Å². The van der Waals surface area contributed by atoms with Crippen molar-refractivity contribution in [1.82, 2.24) is 14.1 Å². The summed E-state index contributed by atoms with van der Waals surface area (Å²) in [5.74, 6) is 0. The molecule has 0 saturated carbocycles. The molecule has 266 valence electrons. The summed E-state index contributed by atoms with van der Waals surface area (Å²) in [6.45, 7) is 0. The zero-order valence-corrected chi connectivity index (χ0v) is 30.8. The number of fused-ring (bicyclic) bond motifs is 9. The number of furan rings is 1. The highest BCUT2D eigenvalue weighted by molar-refractivity contribution is 6.19.